The summed E-state index contributed by atoms with van der Waals surface area (Å²) in [6.45, 7) is 8.84. The highest BCUT2D eigenvalue weighted by Gasteiger charge is 2.25. The van der Waals surface area contributed by atoms with Gasteiger partial charge in [0.05, 0.1) is 0 Å². The van der Waals surface area contributed by atoms with Crippen LogP contribution < -0.4 is 4.90 Å². The van der Waals surface area contributed by atoms with Gasteiger partial charge in [0.1, 0.15) is 6.61 Å². The molecule has 8 nitrogen and oxygen atoms in total. The molecule has 0 radical (unpaired) electrons. The van der Waals surface area contributed by atoms with E-state index in [9.17, 15) is 14.4 Å². The van der Waals surface area contributed by atoms with Gasteiger partial charge in [0.15, 0.2) is 0 Å². The highest BCUT2D eigenvalue weighted by atomic mass is 16.5. The maximum atomic E-state index is 13.3. The lowest BCUT2D eigenvalue weighted by atomic mass is 10.1. The first-order chi connectivity index (χ1) is 15.9. The van der Waals surface area contributed by atoms with E-state index in [0.29, 0.717) is 45.1 Å². The Morgan fingerprint density at radius 1 is 1.00 bits per heavy atom. The van der Waals surface area contributed by atoms with Gasteiger partial charge < -0.3 is 19.4 Å². The molecule has 0 N–H and O–H groups in total. The van der Waals surface area contributed by atoms with E-state index >= 15 is 0 Å². The fraction of sp³-hybridized carbons (Fsp3) is 0.640. The number of rotatable bonds is 6. The van der Waals surface area contributed by atoms with Gasteiger partial charge in [0.2, 0.25) is 11.8 Å². The number of hydrogen-bond acceptors (Lipinski definition) is 5. The molecule has 1 aromatic rings. The van der Waals surface area contributed by atoms with Gasteiger partial charge >= 0.3 is 0 Å². The number of methoxy groups -OCH3 is 1. The molecule has 1 saturated heterocycles. The predicted molar refractivity (Wildman–Crippen MR) is 128 cm³/mol. The Kier molecular flexibility index (Phi) is 9.26. The summed E-state index contributed by atoms with van der Waals surface area (Å²) in [5.74, 6) is 0.108. The Morgan fingerprint density at radius 2 is 1.79 bits per heavy atom. The van der Waals surface area contributed by atoms with Crippen LogP contribution in [0.2, 0.25) is 0 Å². The molecule has 0 saturated carbocycles. The summed E-state index contributed by atoms with van der Waals surface area (Å²) in [6, 6.07) is 8.16. The Hall–Kier alpha value is -2.45. The van der Waals surface area contributed by atoms with Crippen molar-refractivity contribution in [3.63, 3.8) is 0 Å². The zero-order valence-corrected chi connectivity index (χ0v) is 20.3. The zero-order valence-electron chi connectivity index (χ0n) is 20.3. The molecule has 2 aliphatic rings. The van der Waals surface area contributed by atoms with Crippen molar-refractivity contribution in [3.8, 4) is 0 Å². The maximum Gasteiger partial charge on any atom is 0.252 e. The second-order valence-electron chi connectivity index (χ2n) is 9.14. The molecular formula is C25H38N4O4. The standard InChI is InChI=1S/C25H38N4O4/c1-20(2)26-13-7-14-29(25(32)19-33-3)22-9-5-4-8-21(22)18-28(17-16-26)24(31)11-15-27-12-6-10-23(27)30/h4-5,8-9,20H,6-7,10-19H2,1-3H3. The number of carbonyl (C=O) groups is 3. The van der Waals surface area contributed by atoms with Crippen molar-refractivity contribution in [2.24, 2.45) is 0 Å². The smallest absolute Gasteiger partial charge is 0.252 e. The molecule has 0 aliphatic carbocycles. The Labute approximate surface area is 197 Å². The van der Waals surface area contributed by atoms with Crippen LogP contribution in [0.25, 0.3) is 0 Å². The number of fused-ring (bicyclic) bond motifs is 1. The van der Waals surface area contributed by atoms with Crippen LogP contribution in [-0.2, 0) is 25.7 Å². The van der Waals surface area contributed by atoms with E-state index in [1.807, 2.05) is 29.2 Å². The molecule has 3 rings (SSSR count). The van der Waals surface area contributed by atoms with E-state index in [1.165, 1.54) is 7.11 Å². The molecule has 1 fully saturated rings. The number of amides is 3. The maximum absolute atomic E-state index is 13.3. The van der Waals surface area contributed by atoms with Crippen molar-refractivity contribution < 1.29 is 19.1 Å². The molecule has 0 aromatic heterocycles. The minimum atomic E-state index is -0.0780. The lowest BCUT2D eigenvalue weighted by molar-refractivity contribution is -0.133. The van der Waals surface area contributed by atoms with E-state index in [2.05, 4.69) is 18.7 Å². The van der Waals surface area contributed by atoms with Crippen LogP contribution in [0.5, 0.6) is 0 Å². The molecule has 8 heteroatoms. The highest BCUT2D eigenvalue weighted by Crippen LogP contribution is 2.24. The van der Waals surface area contributed by atoms with E-state index < -0.39 is 0 Å². The van der Waals surface area contributed by atoms with Crippen molar-refractivity contribution in [1.29, 1.82) is 0 Å². The van der Waals surface area contributed by atoms with Crippen LogP contribution in [0, 0.1) is 0 Å². The van der Waals surface area contributed by atoms with Gasteiger partial charge in [-0.15, -0.1) is 0 Å². The van der Waals surface area contributed by atoms with Crippen molar-refractivity contribution in [2.45, 2.75) is 52.1 Å². The highest BCUT2D eigenvalue weighted by molar-refractivity contribution is 5.95. The molecule has 0 bridgehead atoms. The fourth-order valence-electron chi connectivity index (χ4n) is 4.62. The summed E-state index contributed by atoms with van der Waals surface area (Å²) in [5, 5.41) is 0. The summed E-state index contributed by atoms with van der Waals surface area (Å²) in [5.41, 5.74) is 1.79. The third-order valence-corrected chi connectivity index (χ3v) is 6.55. The number of anilines is 1. The van der Waals surface area contributed by atoms with Crippen molar-refractivity contribution in [3.05, 3.63) is 29.8 Å². The van der Waals surface area contributed by atoms with Gasteiger partial charge in [-0.25, -0.2) is 0 Å². The molecule has 0 unspecified atom stereocenters. The van der Waals surface area contributed by atoms with Gasteiger partial charge in [-0.05, 0) is 38.3 Å². The van der Waals surface area contributed by atoms with Gasteiger partial charge in [0, 0.05) is 77.5 Å². The van der Waals surface area contributed by atoms with Crippen molar-refractivity contribution >= 4 is 23.4 Å². The summed E-state index contributed by atoms with van der Waals surface area (Å²) in [7, 11) is 1.53. The van der Waals surface area contributed by atoms with E-state index in [4.69, 9.17) is 4.74 Å². The van der Waals surface area contributed by atoms with Crippen LogP contribution in [-0.4, -0.2) is 91.4 Å². The molecule has 0 spiro atoms. The molecular weight excluding hydrogens is 420 g/mol. The third-order valence-electron chi connectivity index (χ3n) is 6.55. The Bertz CT molecular complexity index is 828. The quantitative estimate of drug-likeness (QED) is 0.653. The summed E-state index contributed by atoms with van der Waals surface area (Å²) < 4.78 is 5.13. The minimum absolute atomic E-state index is 0.0226. The van der Waals surface area contributed by atoms with E-state index in [1.54, 1.807) is 9.80 Å². The molecule has 33 heavy (non-hydrogen) atoms. The average Bonchev–Trinajstić information content (AvgIpc) is 3.19. The number of para-hydroxylation sites is 1. The summed E-state index contributed by atoms with van der Waals surface area (Å²) >= 11 is 0. The minimum Gasteiger partial charge on any atom is -0.375 e. The normalized spacial score (nSPS) is 18.4. The first-order valence-corrected chi connectivity index (χ1v) is 12.1. The molecule has 1 aromatic carbocycles. The lowest BCUT2D eigenvalue weighted by Gasteiger charge is -2.30. The number of carbonyl (C=O) groups excluding carboxylic acids is 3. The number of likely N-dealkylation sites (tertiary alicyclic amines) is 1. The second-order valence-corrected chi connectivity index (χ2v) is 9.14. The number of ether oxygens (including phenoxy) is 1. The largest absolute Gasteiger partial charge is 0.375 e. The second kappa shape index (κ2) is 12.1. The number of nitrogens with zero attached hydrogens (tertiary/aromatic N) is 4. The van der Waals surface area contributed by atoms with Crippen LogP contribution in [0.3, 0.4) is 0 Å². The number of benzene rings is 1. The molecule has 182 valence electrons. The van der Waals surface area contributed by atoms with Gasteiger partial charge in [-0.2, -0.15) is 0 Å². The molecule has 2 heterocycles. The van der Waals surface area contributed by atoms with Gasteiger partial charge in [0.25, 0.3) is 5.91 Å². The number of hydrogen-bond donors (Lipinski definition) is 0. The van der Waals surface area contributed by atoms with Crippen LogP contribution in [0.15, 0.2) is 24.3 Å². The molecule has 0 atom stereocenters. The van der Waals surface area contributed by atoms with Crippen molar-refractivity contribution in [2.75, 3.05) is 57.9 Å². The Morgan fingerprint density at radius 3 is 2.48 bits per heavy atom. The average molecular weight is 459 g/mol. The fourth-order valence-corrected chi connectivity index (χ4v) is 4.62. The van der Waals surface area contributed by atoms with Crippen LogP contribution in [0.4, 0.5) is 5.69 Å². The predicted octanol–water partition coefficient (Wildman–Crippen LogP) is 2.12. The van der Waals surface area contributed by atoms with Gasteiger partial charge in [-0.3, -0.25) is 19.3 Å². The first kappa shape index (κ1) is 25.2. The Balaban J connectivity index is 1.84. The van der Waals surface area contributed by atoms with Crippen LogP contribution in [0.1, 0.15) is 45.1 Å². The lowest BCUT2D eigenvalue weighted by Crippen LogP contribution is -2.42. The topological polar surface area (TPSA) is 73.4 Å². The third kappa shape index (κ3) is 6.77. The molecule has 3 amide bonds. The van der Waals surface area contributed by atoms with E-state index in [-0.39, 0.29) is 24.3 Å². The zero-order chi connectivity index (χ0) is 23.8. The SMILES string of the molecule is COCC(=O)N1CCCN(C(C)C)CCN(C(=O)CCN2CCCC2=O)Cc2ccccc21. The van der Waals surface area contributed by atoms with E-state index in [0.717, 1.165) is 43.7 Å². The monoisotopic (exact) mass is 458 g/mol. The van der Waals surface area contributed by atoms with Crippen LogP contribution >= 0.6 is 0 Å². The molecule has 2 aliphatic heterocycles. The summed E-state index contributed by atoms with van der Waals surface area (Å²) in [4.78, 5) is 46.0. The summed E-state index contributed by atoms with van der Waals surface area (Å²) in [6.07, 6.45) is 2.62. The first-order valence-electron chi connectivity index (χ1n) is 12.1. The van der Waals surface area contributed by atoms with Crippen molar-refractivity contribution in [1.82, 2.24) is 14.7 Å². The van der Waals surface area contributed by atoms with Gasteiger partial charge in [-0.1, -0.05) is 18.2 Å².